The Morgan fingerprint density at radius 2 is 1.78 bits per heavy atom. The van der Waals surface area contributed by atoms with Crippen LogP contribution in [0.1, 0.15) is 44.1 Å². The molecule has 1 aliphatic carbocycles. The van der Waals surface area contributed by atoms with Crippen molar-refractivity contribution in [3.05, 3.63) is 41.7 Å². The van der Waals surface area contributed by atoms with Crippen molar-refractivity contribution in [2.75, 3.05) is 5.32 Å². The van der Waals surface area contributed by atoms with E-state index in [9.17, 15) is 0 Å². The second-order valence-electron chi connectivity index (χ2n) is 5.26. The van der Waals surface area contributed by atoms with E-state index in [1.807, 2.05) is 12.4 Å². The standard InChI is InChI=1S/C16H20N2/c1-2-4-8-13(7-3-1)16-12-17-11-14-9-5-6-10-15(14)18-16/h5-6,9-13,18H,1-4,7-8H2. The topological polar surface area (TPSA) is 24.4 Å². The van der Waals surface area contributed by atoms with Gasteiger partial charge >= 0.3 is 0 Å². The van der Waals surface area contributed by atoms with Gasteiger partial charge in [-0.1, -0.05) is 43.9 Å². The Balaban J connectivity index is 1.82. The van der Waals surface area contributed by atoms with E-state index in [-0.39, 0.29) is 0 Å². The van der Waals surface area contributed by atoms with Gasteiger partial charge in [-0.2, -0.15) is 0 Å². The Hall–Kier alpha value is -1.57. The number of benzene rings is 1. The number of hydrogen-bond donors (Lipinski definition) is 1. The second-order valence-corrected chi connectivity index (χ2v) is 5.26. The molecule has 0 unspecified atom stereocenters. The fraction of sp³-hybridized carbons (Fsp3) is 0.438. The number of fused-ring (bicyclic) bond motifs is 1. The number of nitrogens with zero attached hydrogens (tertiary/aromatic N) is 1. The van der Waals surface area contributed by atoms with Gasteiger partial charge in [0, 0.05) is 35.3 Å². The lowest BCUT2D eigenvalue weighted by Gasteiger charge is -2.19. The quantitative estimate of drug-likeness (QED) is 0.725. The molecule has 0 spiro atoms. The maximum Gasteiger partial charge on any atom is 0.0471 e. The molecule has 94 valence electrons. The molecule has 1 heterocycles. The van der Waals surface area contributed by atoms with Crippen LogP contribution in [0.5, 0.6) is 0 Å². The molecule has 0 bridgehead atoms. The van der Waals surface area contributed by atoms with Crippen molar-refractivity contribution in [1.29, 1.82) is 0 Å². The molecule has 18 heavy (non-hydrogen) atoms. The largest absolute Gasteiger partial charge is 0.357 e. The van der Waals surface area contributed by atoms with Gasteiger partial charge in [0.05, 0.1) is 0 Å². The molecule has 1 aromatic carbocycles. The molecule has 2 heteroatoms. The van der Waals surface area contributed by atoms with Crippen LogP contribution in [0, 0.1) is 5.92 Å². The molecule has 1 saturated carbocycles. The van der Waals surface area contributed by atoms with Crippen molar-refractivity contribution in [1.82, 2.24) is 0 Å². The summed E-state index contributed by atoms with van der Waals surface area (Å²) in [4.78, 5) is 4.45. The van der Waals surface area contributed by atoms with Gasteiger partial charge in [-0.05, 0) is 18.9 Å². The van der Waals surface area contributed by atoms with Gasteiger partial charge in [0.2, 0.25) is 0 Å². The lowest BCUT2D eigenvalue weighted by Crippen LogP contribution is -2.11. The third-order valence-corrected chi connectivity index (χ3v) is 3.96. The van der Waals surface area contributed by atoms with Gasteiger partial charge in [-0.15, -0.1) is 0 Å². The summed E-state index contributed by atoms with van der Waals surface area (Å²) in [5, 5.41) is 3.59. The number of para-hydroxylation sites is 1. The number of allylic oxidation sites excluding steroid dienone is 1. The number of hydrogen-bond acceptors (Lipinski definition) is 2. The zero-order valence-electron chi connectivity index (χ0n) is 10.7. The normalized spacial score (nSPS) is 20.3. The number of nitrogens with one attached hydrogen (secondary N) is 1. The number of rotatable bonds is 1. The molecule has 1 aromatic rings. The number of anilines is 1. The lowest BCUT2D eigenvalue weighted by atomic mass is 9.96. The van der Waals surface area contributed by atoms with Crippen LogP contribution in [-0.2, 0) is 0 Å². The highest BCUT2D eigenvalue weighted by atomic mass is 14.9. The van der Waals surface area contributed by atoms with Gasteiger partial charge < -0.3 is 5.32 Å². The first kappa shape index (κ1) is 11.5. The summed E-state index contributed by atoms with van der Waals surface area (Å²) < 4.78 is 0. The fourth-order valence-corrected chi connectivity index (χ4v) is 2.91. The predicted octanol–water partition coefficient (Wildman–Crippen LogP) is 4.34. The summed E-state index contributed by atoms with van der Waals surface area (Å²) >= 11 is 0. The molecule has 1 N–H and O–H groups in total. The Kier molecular flexibility index (Phi) is 3.44. The SMILES string of the molecule is C1=NC=C(C2CCCCCC2)Nc2ccccc21. The molecular formula is C16H20N2. The molecule has 0 amide bonds. The molecule has 2 aliphatic rings. The maximum absolute atomic E-state index is 4.45. The van der Waals surface area contributed by atoms with E-state index in [1.54, 1.807) is 0 Å². The monoisotopic (exact) mass is 240 g/mol. The van der Waals surface area contributed by atoms with E-state index in [0.29, 0.717) is 5.92 Å². The first-order valence-electron chi connectivity index (χ1n) is 7.03. The van der Waals surface area contributed by atoms with Crippen LogP contribution in [0.3, 0.4) is 0 Å². The Bertz CT molecular complexity index is 466. The summed E-state index contributed by atoms with van der Waals surface area (Å²) in [6, 6.07) is 8.38. The molecule has 3 rings (SSSR count). The van der Waals surface area contributed by atoms with Crippen molar-refractivity contribution in [3.63, 3.8) is 0 Å². The van der Waals surface area contributed by atoms with Crippen LogP contribution in [0.4, 0.5) is 5.69 Å². The van der Waals surface area contributed by atoms with Gasteiger partial charge in [0.25, 0.3) is 0 Å². The van der Waals surface area contributed by atoms with Crippen molar-refractivity contribution in [2.45, 2.75) is 38.5 Å². The molecule has 0 radical (unpaired) electrons. The lowest BCUT2D eigenvalue weighted by molar-refractivity contribution is 0.532. The third-order valence-electron chi connectivity index (χ3n) is 3.96. The molecule has 0 aromatic heterocycles. The first-order valence-corrected chi connectivity index (χ1v) is 7.03. The Morgan fingerprint density at radius 1 is 1.00 bits per heavy atom. The average molecular weight is 240 g/mol. The van der Waals surface area contributed by atoms with E-state index >= 15 is 0 Å². The van der Waals surface area contributed by atoms with Crippen LogP contribution in [0.2, 0.25) is 0 Å². The van der Waals surface area contributed by atoms with E-state index in [4.69, 9.17) is 0 Å². The molecule has 2 nitrogen and oxygen atoms in total. The van der Waals surface area contributed by atoms with Gasteiger partial charge in [-0.3, -0.25) is 4.99 Å². The van der Waals surface area contributed by atoms with Crippen LogP contribution in [-0.4, -0.2) is 6.21 Å². The smallest absolute Gasteiger partial charge is 0.0471 e. The van der Waals surface area contributed by atoms with Crippen LogP contribution in [0.25, 0.3) is 0 Å². The first-order chi connectivity index (χ1) is 8.93. The van der Waals surface area contributed by atoms with E-state index < -0.39 is 0 Å². The second kappa shape index (κ2) is 5.38. The predicted molar refractivity (Wildman–Crippen MR) is 76.9 cm³/mol. The highest BCUT2D eigenvalue weighted by Gasteiger charge is 2.18. The maximum atomic E-state index is 4.45. The summed E-state index contributed by atoms with van der Waals surface area (Å²) in [6.45, 7) is 0. The zero-order valence-corrected chi connectivity index (χ0v) is 10.7. The van der Waals surface area contributed by atoms with E-state index in [1.165, 1.54) is 55.5 Å². The van der Waals surface area contributed by atoms with Crippen LogP contribution >= 0.6 is 0 Å². The summed E-state index contributed by atoms with van der Waals surface area (Å²) in [6.07, 6.45) is 12.1. The molecule has 0 saturated heterocycles. The van der Waals surface area contributed by atoms with Crippen molar-refractivity contribution in [3.8, 4) is 0 Å². The summed E-state index contributed by atoms with van der Waals surface area (Å²) in [5.74, 6) is 0.663. The van der Waals surface area contributed by atoms with Gasteiger partial charge in [0.15, 0.2) is 0 Å². The van der Waals surface area contributed by atoms with E-state index in [2.05, 4.69) is 34.6 Å². The van der Waals surface area contributed by atoms with Crippen molar-refractivity contribution in [2.24, 2.45) is 10.9 Å². The summed E-state index contributed by atoms with van der Waals surface area (Å²) in [7, 11) is 0. The minimum Gasteiger partial charge on any atom is -0.357 e. The molecule has 1 fully saturated rings. The molecule has 1 aliphatic heterocycles. The van der Waals surface area contributed by atoms with Crippen molar-refractivity contribution < 1.29 is 0 Å². The van der Waals surface area contributed by atoms with Crippen molar-refractivity contribution >= 4 is 11.9 Å². The molecule has 0 atom stereocenters. The van der Waals surface area contributed by atoms with E-state index in [0.717, 1.165) is 0 Å². The zero-order chi connectivity index (χ0) is 12.2. The Morgan fingerprint density at radius 3 is 2.61 bits per heavy atom. The fourth-order valence-electron chi connectivity index (χ4n) is 2.91. The molecular weight excluding hydrogens is 220 g/mol. The van der Waals surface area contributed by atoms with Crippen LogP contribution < -0.4 is 5.32 Å². The highest BCUT2D eigenvalue weighted by Crippen LogP contribution is 2.31. The minimum absolute atomic E-state index is 0.663. The highest BCUT2D eigenvalue weighted by molar-refractivity contribution is 5.89. The third kappa shape index (κ3) is 2.47. The average Bonchev–Trinajstić information content (AvgIpc) is 2.79. The minimum atomic E-state index is 0.663. The van der Waals surface area contributed by atoms with Gasteiger partial charge in [-0.25, -0.2) is 0 Å². The summed E-state index contributed by atoms with van der Waals surface area (Å²) in [5.41, 5.74) is 3.67. The Labute approximate surface area is 109 Å². The van der Waals surface area contributed by atoms with Crippen LogP contribution in [0.15, 0.2) is 41.2 Å². The van der Waals surface area contributed by atoms with Gasteiger partial charge in [0.1, 0.15) is 0 Å². The number of aliphatic imine (C=N–C) groups is 1.